The monoisotopic (exact) mass is 320 g/mol. The third kappa shape index (κ3) is 7.30. The van der Waals surface area contributed by atoms with Crippen LogP contribution in [0.15, 0.2) is 24.3 Å². The van der Waals surface area contributed by atoms with E-state index in [4.69, 9.17) is 5.73 Å². The van der Waals surface area contributed by atoms with Gasteiger partial charge in [-0.15, -0.1) is 0 Å². The summed E-state index contributed by atoms with van der Waals surface area (Å²) in [6, 6.07) is 5.98. The maximum absolute atomic E-state index is 12.2. The van der Waals surface area contributed by atoms with Crippen molar-refractivity contribution >= 4 is 23.4 Å². The summed E-state index contributed by atoms with van der Waals surface area (Å²) in [5.41, 5.74) is 6.59. The van der Waals surface area contributed by atoms with Crippen molar-refractivity contribution in [3.8, 4) is 0 Å². The van der Waals surface area contributed by atoms with Crippen LogP contribution >= 0.6 is 0 Å². The fourth-order valence-corrected chi connectivity index (χ4v) is 1.95. The highest BCUT2D eigenvalue weighted by Gasteiger charge is 2.18. The number of carbonyl (C=O) groups excluding carboxylic acids is 3. The number of hydrogen-bond donors (Lipinski definition) is 4. The number of nitrogens with two attached hydrogens (primary N) is 1. The van der Waals surface area contributed by atoms with Crippen LogP contribution < -0.4 is 21.7 Å². The van der Waals surface area contributed by atoms with Crippen LogP contribution in [0.3, 0.4) is 0 Å². The SMILES string of the molecule is CC(=O)NC[C@H](CC(=O)NC(C)C)NC(=O)c1ccc(N)cc1. The highest BCUT2D eigenvalue weighted by molar-refractivity contribution is 5.95. The Kier molecular flexibility index (Phi) is 7.05. The topological polar surface area (TPSA) is 113 Å². The number of anilines is 1. The number of hydrogen-bond acceptors (Lipinski definition) is 4. The molecule has 0 radical (unpaired) electrons. The average molecular weight is 320 g/mol. The minimum atomic E-state index is -0.497. The second-order valence-electron chi connectivity index (χ2n) is 5.66. The number of benzene rings is 1. The Morgan fingerprint density at radius 3 is 2.22 bits per heavy atom. The quantitative estimate of drug-likeness (QED) is 0.545. The van der Waals surface area contributed by atoms with Crippen molar-refractivity contribution in [2.75, 3.05) is 12.3 Å². The lowest BCUT2D eigenvalue weighted by atomic mass is 10.1. The molecule has 0 aliphatic carbocycles. The zero-order valence-corrected chi connectivity index (χ0v) is 13.7. The Hall–Kier alpha value is -2.57. The molecule has 5 N–H and O–H groups in total. The first-order valence-corrected chi connectivity index (χ1v) is 7.48. The van der Waals surface area contributed by atoms with Crippen LogP contribution in [0.4, 0.5) is 5.69 Å². The van der Waals surface area contributed by atoms with Gasteiger partial charge in [-0.3, -0.25) is 14.4 Å². The van der Waals surface area contributed by atoms with Gasteiger partial charge in [-0.2, -0.15) is 0 Å². The summed E-state index contributed by atoms with van der Waals surface area (Å²) in [4.78, 5) is 35.2. The van der Waals surface area contributed by atoms with Crippen molar-refractivity contribution < 1.29 is 14.4 Å². The summed E-state index contributed by atoms with van der Waals surface area (Å²) in [6.07, 6.45) is 0.0825. The molecule has 0 spiro atoms. The van der Waals surface area contributed by atoms with Crippen molar-refractivity contribution in [2.45, 2.75) is 39.3 Å². The summed E-state index contributed by atoms with van der Waals surface area (Å²) in [5, 5.41) is 8.14. The summed E-state index contributed by atoms with van der Waals surface area (Å²) < 4.78 is 0. The third-order valence-corrected chi connectivity index (χ3v) is 2.99. The van der Waals surface area contributed by atoms with Crippen molar-refractivity contribution in [2.24, 2.45) is 0 Å². The molecule has 0 aliphatic heterocycles. The van der Waals surface area contributed by atoms with Gasteiger partial charge in [0.25, 0.3) is 5.91 Å². The highest BCUT2D eigenvalue weighted by atomic mass is 16.2. The Morgan fingerprint density at radius 1 is 1.09 bits per heavy atom. The van der Waals surface area contributed by atoms with Gasteiger partial charge in [-0.1, -0.05) is 0 Å². The van der Waals surface area contributed by atoms with Gasteiger partial charge in [-0.25, -0.2) is 0 Å². The molecule has 7 nitrogen and oxygen atoms in total. The number of carbonyl (C=O) groups is 3. The minimum absolute atomic E-state index is 0.0108. The molecule has 0 fully saturated rings. The van der Waals surface area contributed by atoms with Gasteiger partial charge in [0.1, 0.15) is 0 Å². The zero-order valence-electron chi connectivity index (χ0n) is 13.7. The molecule has 23 heavy (non-hydrogen) atoms. The first-order valence-electron chi connectivity index (χ1n) is 7.48. The molecule has 0 unspecified atom stereocenters. The van der Waals surface area contributed by atoms with E-state index in [1.54, 1.807) is 24.3 Å². The predicted molar refractivity (Wildman–Crippen MR) is 88.7 cm³/mol. The maximum Gasteiger partial charge on any atom is 0.251 e. The lowest BCUT2D eigenvalue weighted by Gasteiger charge is -2.19. The van der Waals surface area contributed by atoms with E-state index >= 15 is 0 Å². The van der Waals surface area contributed by atoms with Crippen LogP contribution in [0.25, 0.3) is 0 Å². The van der Waals surface area contributed by atoms with Crippen LogP contribution in [0.2, 0.25) is 0 Å². The third-order valence-electron chi connectivity index (χ3n) is 2.99. The molecule has 3 amide bonds. The van der Waals surface area contributed by atoms with Gasteiger partial charge in [0, 0.05) is 37.2 Å². The molecule has 0 saturated heterocycles. The molecule has 0 bridgehead atoms. The Bertz CT molecular complexity index is 555. The van der Waals surface area contributed by atoms with Gasteiger partial charge >= 0.3 is 0 Å². The zero-order chi connectivity index (χ0) is 17.4. The van der Waals surface area contributed by atoms with Gasteiger partial charge in [0.05, 0.1) is 6.04 Å². The number of rotatable bonds is 7. The van der Waals surface area contributed by atoms with E-state index in [9.17, 15) is 14.4 Å². The predicted octanol–water partition coefficient (Wildman–Crippen LogP) is 0.418. The van der Waals surface area contributed by atoms with E-state index in [-0.39, 0.29) is 36.7 Å². The number of nitrogen functional groups attached to an aromatic ring is 1. The van der Waals surface area contributed by atoms with Crippen LogP contribution in [-0.2, 0) is 9.59 Å². The Balaban J connectivity index is 2.70. The van der Waals surface area contributed by atoms with Gasteiger partial charge in [-0.05, 0) is 38.1 Å². The maximum atomic E-state index is 12.2. The first kappa shape index (κ1) is 18.5. The largest absolute Gasteiger partial charge is 0.399 e. The molecule has 0 saturated carbocycles. The van der Waals surface area contributed by atoms with E-state index in [0.29, 0.717) is 11.3 Å². The smallest absolute Gasteiger partial charge is 0.251 e. The lowest BCUT2D eigenvalue weighted by molar-refractivity contribution is -0.123. The summed E-state index contributed by atoms with van der Waals surface area (Å²) in [6.45, 7) is 5.27. The Labute approximate surface area is 136 Å². The minimum Gasteiger partial charge on any atom is -0.399 e. The second kappa shape index (κ2) is 8.77. The standard InChI is InChI=1S/C16H24N4O3/c1-10(2)19-15(22)8-14(9-18-11(3)21)20-16(23)12-4-6-13(17)7-5-12/h4-7,10,14H,8-9,17H2,1-3H3,(H,18,21)(H,19,22)(H,20,23)/t14-/m0/s1. The van der Waals surface area contributed by atoms with Crippen molar-refractivity contribution in [3.05, 3.63) is 29.8 Å². The van der Waals surface area contributed by atoms with Crippen LogP contribution in [0.1, 0.15) is 37.6 Å². The molecular weight excluding hydrogens is 296 g/mol. The summed E-state index contributed by atoms with van der Waals surface area (Å²) in [5.74, 6) is -0.730. The number of nitrogens with one attached hydrogen (secondary N) is 3. The molecule has 1 atom stereocenters. The Morgan fingerprint density at radius 2 is 1.70 bits per heavy atom. The van der Waals surface area contributed by atoms with Crippen molar-refractivity contribution in [3.63, 3.8) is 0 Å². The van der Waals surface area contributed by atoms with Crippen molar-refractivity contribution in [1.82, 2.24) is 16.0 Å². The average Bonchev–Trinajstić information content (AvgIpc) is 2.44. The van der Waals surface area contributed by atoms with Crippen LogP contribution in [0, 0.1) is 0 Å². The lowest BCUT2D eigenvalue weighted by Crippen LogP contribution is -2.46. The molecular formula is C16H24N4O3. The molecule has 1 aromatic rings. The molecule has 126 valence electrons. The molecule has 0 aliphatic rings. The molecule has 0 heterocycles. The van der Waals surface area contributed by atoms with E-state index in [0.717, 1.165) is 0 Å². The second-order valence-corrected chi connectivity index (χ2v) is 5.66. The first-order chi connectivity index (χ1) is 10.8. The van der Waals surface area contributed by atoms with Gasteiger partial charge in [0.15, 0.2) is 0 Å². The normalized spacial score (nSPS) is 11.7. The molecule has 1 aromatic carbocycles. The van der Waals surface area contributed by atoms with Crippen LogP contribution in [0.5, 0.6) is 0 Å². The molecule has 1 rings (SSSR count). The molecule has 0 aromatic heterocycles. The van der Waals surface area contributed by atoms with Crippen molar-refractivity contribution in [1.29, 1.82) is 0 Å². The highest BCUT2D eigenvalue weighted by Crippen LogP contribution is 2.06. The van der Waals surface area contributed by atoms with E-state index in [1.807, 2.05) is 13.8 Å². The summed E-state index contributed by atoms with van der Waals surface area (Å²) in [7, 11) is 0. The summed E-state index contributed by atoms with van der Waals surface area (Å²) >= 11 is 0. The van der Waals surface area contributed by atoms with Gasteiger partial charge < -0.3 is 21.7 Å². The fourth-order valence-electron chi connectivity index (χ4n) is 1.95. The van der Waals surface area contributed by atoms with Crippen LogP contribution in [-0.4, -0.2) is 36.3 Å². The van der Waals surface area contributed by atoms with E-state index in [2.05, 4.69) is 16.0 Å². The fraction of sp³-hybridized carbons (Fsp3) is 0.438. The van der Waals surface area contributed by atoms with E-state index < -0.39 is 6.04 Å². The molecule has 7 heteroatoms. The number of amides is 3. The van der Waals surface area contributed by atoms with E-state index in [1.165, 1.54) is 6.92 Å². The van der Waals surface area contributed by atoms with Gasteiger partial charge in [0.2, 0.25) is 11.8 Å².